The maximum Gasteiger partial charge on any atom is 0.212 e. The molecule has 0 aliphatic heterocycles. The molecule has 0 saturated carbocycles. The van der Waals surface area contributed by atoms with Crippen LogP contribution in [0, 0.1) is 0 Å². The Morgan fingerprint density at radius 3 is 3.18 bits per heavy atom. The summed E-state index contributed by atoms with van der Waals surface area (Å²) in [5.74, 6) is 1.84. The Morgan fingerprint density at radius 2 is 2.47 bits per heavy atom. The quantitative estimate of drug-likeness (QED) is 0.275. The first-order valence-corrected chi connectivity index (χ1v) is 7.04. The predicted octanol–water partition coefficient (Wildman–Crippen LogP) is 0.417. The molecule has 17 heavy (non-hydrogen) atoms. The van der Waals surface area contributed by atoms with Gasteiger partial charge < -0.3 is 16.8 Å². The third-order valence-corrected chi connectivity index (χ3v) is 3.57. The van der Waals surface area contributed by atoms with Gasteiger partial charge in [-0.25, -0.2) is 4.98 Å². The number of aromatic nitrogens is 1. The van der Waals surface area contributed by atoms with E-state index in [0.717, 1.165) is 23.6 Å². The zero-order valence-electron chi connectivity index (χ0n) is 9.26. The Hall–Kier alpha value is -1.28. The van der Waals surface area contributed by atoms with Crippen molar-refractivity contribution in [2.24, 2.45) is 16.5 Å². The molecule has 1 aromatic heterocycles. The Balaban J connectivity index is 2.21. The summed E-state index contributed by atoms with van der Waals surface area (Å²) >= 11 is 3.19. The van der Waals surface area contributed by atoms with Crippen LogP contribution >= 0.6 is 23.1 Å². The maximum absolute atomic E-state index is 9.99. The van der Waals surface area contributed by atoms with Crippen LogP contribution in [0.2, 0.25) is 0 Å². The van der Waals surface area contributed by atoms with Gasteiger partial charge in [0.05, 0.1) is 5.69 Å². The molecule has 1 aromatic rings. The molecule has 6 nitrogen and oxygen atoms in total. The van der Waals surface area contributed by atoms with Crippen LogP contribution in [0.15, 0.2) is 10.4 Å². The average Bonchev–Trinajstić information content (AvgIpc) is 2.70. The van der Waals surface area contributed by atoms with E-state index >= 15 is 0 Å². The second-order valence-corrected chi connectivity index (χ2v) is 5.08. The van der Waals surface area contributed by atoms with Crippen LogP contribution in [0.1, 0.15) is 12.1 Å². The molecule has 0 fully saturated rings. The topological polar surface area (TPSA) is 106 Å². The van der Waals surface area contributed by atoms with Crippen molar-refractivity contribution in [3.05, 3.63) is 11.1 Å². The van der Waals surface area contributed by atoms with Crippen molar-refractivity contribution in [3.63, 3.8) is 0 Å². The van der Waals surface area contributed by atoms with Gasteiger partial charge in [-0.1, -0.05) is 0 Å². The van der Waals surface area contributed by atoms with Crippen LogP contribution in [0.4, 0.5) is 5.13 Å². The van der Waals surface area contributed by atoms with E-state index in [-0.39, 0.29) is 5.96 Å². The SMILES string of the molecule is NC(N)=Nc1nc(CSCCCNC=O)cs1. The van der Waals surface area contributed by atoms with Gasteiger partial charge in [0.1, 0.15) is 0 Å². The van der Waals surface area contributed by atoms with Crippen molar-refractivity contribution in [2.45, 2.75) is 12.2 Å². The molecule has 94 valence electrons. The number of rotatable bonds is 8. The van der Waals surface area contributed by atoms with E-state index in [2.05, 4.69) is 15.3 Å². The molecule has 0 aromatic carbocycles. The van der Waals surface area contributed by atoms with Gasteiger partial charge in [0.2, 0.25) is 11.5 Å². The summed E-state index contributed by atoms with van der Waals surface area (Å²) < 4.78 is 0. The van der Waals surface area contributed by atoms with E-state index < -0.39 is 0 Å². The normalized spacial score (nSPS) is 9.88. The van der Waals surface area contributed by atoms with Crippen molar-refractivity contribution < 1.29 is 4.79 Å². The average molecular weight is 273 g/mol. The molecule has 0 saturated heterocycles. The van der Waals surface area contributed by atoms with Crippen molar-refractivity contribution in [3.8, 4) is 0 Å². The molecule has 0 radical (unpaired) electrons. The number of guanidine groups is 1. The number of carbonyl (C=O) groups is 1. The van der Waals surface area contributed by atoms with Crippen molar-refractivity contribution in [1.29, 1.82) is 0 Å². The van der Waals surface area contributed by atoms with Gasteiger partial charge >= 0.3 is 0 Å². The molecule has 0 bridgehead atoms. The number of thioether (sulfide) groups is 1. The lowest BCUT2D eigenvalue weighted by Gasteiger charge is -1.98. The second-order valence-electron chi connectivity index (χ2n) is 3.14. The Kier molecular flexibility index (Phi) is 6.41. The number of hydrogen-bond donors (Lipinski definition) is 3. The fourth-order valence-electron chi connectivity index (χ4n) is 1.04. The van der Waals surface area contributed by atoms with Crippen molar-refractivity contribution >= 4 is 40.6 Å². The smallest absolute Gasteiger partial charge is 0.212 e. The van der Waals surface area contributed by atoms with Crippen molar-refractivity contribution in [1.82, 2.24) is 10.3 Å². The van der Waals surface area contributed by atoms with E-state index in [0.29, 0.717) is 18.1 Å². The van der Waals surface area contributed by atoms with Crippen LogP contribution in [0.3, 0.4) is 0 Å². The molecule has 0 spiro atoms. The number of thiazole rings is 1. The predicted molar refractivity (Wildman–Crippen MR) is 72.4 cm³/mol. The highest BCUT2D eigenvalue weighted by atomic mass is 32.2. The van der Waals surface area contributed by atoms with E-state index in [1.807, 2.05) is 5.38 Å². The number of nitrogens with zero attached hydrogens (tertiary/aromatic N) is 2. The van der Waals surface area contributed by atoms with Gasteiger partial charge in [-0.3, -0.25) is 4.79 Å². The fourth-order valence-corrected chi connectivity index (χ4v) is 2.70. The summed E-state index contributed by atoms with van der Waals surface area (Å²) in [5.41, 5.74) is 11.5. The number of amides is 1. The molecule has 0 atom stereocenters. The first-order chi connectivity index (χ1) is 8.22. The monoisotopic (exact) mass is 273 g/mol. The van der Waals surface area contributed by atoms with Crippen LogP contribution in [-0.4, -0.2) is 29.7 Å². The molecule has 1 heterocycles. The summed E-state index contributed by atoms with van der Waals surface area (Å²) in [6, 6.07) is 0. The van der Waals surface area contributed by atoms with Gasteiger partial charge in [-0.15, -0.1) is 11.3 Å². The largest absolute Gasteiger partial charge is 0.370 e. The number of nitrogens with one attached hydrogen (secondary N) is 1. The van der Waals surface area contributed by atoms with Crippen molar-refractivity contribution in [2.75, 3.05) is 12.3 Å². The van der Waals surface area contributed by atoms with E-state index in [9.17, 15) is 4.79 Å². The van der Waals surface area contributed by atoms with Gasteiger partial charge in [0, 0.05) is 17.7 Å². The fraction of sp³-hybridized carbons (Fsp3) is 0.444. The zero-order chi connectivity index (χ0) is 12.5. The van der Waals surface area contributed by atoms with Crippen LogP contribution in [-0.2, 0) is 10.5 Å². The van der Waals surface area contributed by atoms with Gasteiger partial charge in [-0.2, -0.15) is 16.8 Å². The highest BCUT2D eigenvalue weighted by Crippen LogP contribution is 2.21. The first kappa shape index (κ1) is 13.8. The first-order valence-electron chi connectivity index (χ1n) is 5.01. The molecule has 1 rings (SSSR count). The van der Waals surface area contributed by atoms with Gasteiger partial charge in [0.25, 0.3) is 0 Å². The molecular weight excluding hydrogens is 258 g/mol. The zero-order valence-corrected chi connectivity index (χ0v) is 10.9. The number of aliphatic imine (C=N–C) groups is 1. The summed E-state index contributed by atoms with van der Waals surface area (Å²) in [6.07, 6.45) is 1.67. The van der Waals surface area contributed by atoms with Crippen LogP contribution in [0.25, 0.3) is 0 Å². The summed E-state index contributed by atoms with van der Waals surface area (Å²) in [6.45, 7) is 0.715. The molecule has 5 N–H and O–H groups in total. The minimum absolute atomic E-state index is 0.0264. The number of nitrogens with two attached hydrogens (primary N) is 2. The number of carbonyl (C=O) groups excluding carboxylic acids is 1. The Labute approximate surface area is 108 Å². The molecule has 0 unspecified atom stereocenters. The Morgan fingerprint density at radius 1 is 1.65 bits per heavy atom. The minimum Gasteiger partial charge on any atom is -0.370 e. The van der Waals surface area contributed by atoms with Crippen LogP contribution in [0.5, 0.6) is 0 Å². The Bertz CT molecular complexity index is 375. The molecule has 8 heteroatoms. The third kappa shape index (κ3) is 6.12. The van der Waals surface area contributed by atoms with Gasteiger partial charge in [0.15, 0.2) is 5.96 Å². The third-order valence-electron chi connectivity index (χ3n) is 1.71. The maximum atomic E-state index is 9.99. The number of hydrogen-bond acceptors (Lipinski definition) is 5. The summed E-state index contributed by atoms with van der Waals surface area (Å²) in [5, 5.41) is 5.15. The standard InChI is InChI=1S/C9H15N5OS2/c10-8(11)14-9-13-7(5-17-9)4-16-3-1-2-12-6-15/h5-6H,1-4H2,(H,12,15)(H4,10,11,13,14). The van der Waals surface area contributed by atoms with E-state index in [1.54, 1.807) is 11.8 Å². The lowest BCUT2D eigenvalue weighted by molar-refractivity contribution is -0.109. The summed E-state index contributed by atoms with van der Waals surface area (Å²) in [7, 11) is 0. The molecule has 0 aliphatic rings. The lowest BCUT2D eigenvalue weighted by atomic mass is 10.5. The molecule has 1 amide bonds. The second kappa shape index (κ2) is 7.91. The van der Waals surface area contributed by atoms with E-state index in [4.69, 9.17) is 11.5 Å². The van der Waals surface area contributed by atoms with E-state index in [1.165, 1.54) is 11.3 Å². The minimum atomic E-state index is 0.0264. The van der Waals surface area contributed by atoms with Gasteiger partial charge in [-0.05, 0) is 12.2 Å². The highest BCUT2D eigenvalue weighted by molar-refractivity contribution is 7.98. The lowest BCUT2D eigenvalue weighted by Crippen LogP contribution is -2.21. The molecular formula is C9H15N5OS2. The van der Waals surface area contributed by atoms with Crippen LogP contribution < -0.4 is 16.8 Å². The highest BCUT2D eigenvalue weighted by Gasteiger charge is 2.01. The molecule has 0 aliphatic carbocycles. The summed E-state index contributed by atoms with van der Waals surface area (Å²) in [4.78, 5) is 18.1.